The Kier molecular flexibility index (Phi) is 4.10. The number of rotatable bonds is 5. The fourth-order valence-corrected chi connectivity index (χ4v) is 1.83. The van der Waals surface area contributed by atoms with E-state index in [1.807, 2.05) is 0 Å². The molecule has 19 heavy (non-hydrogen) atoms. The third-order valence-corrected chi connectivity index (χ3v) is 2.94. The lowest BCUT2D eigenvalue weighted by atomic mass is 10.1. The molecule has 1 N–H and O–H groups in total. The van der Waals surface area contributed by atoms with Crippen molar-refractivity contribution in [3.8, 4) is 0 Å². The highest BCUT2D eigenvalue weighted by Gasteiger charge is 2.12. The van der Waals surface area contributed by atoms with E-state index >= 15 is 0 Å². The summed E-state index contributed by atoms with van der Waals surface area (Å²) in [6.45, 7) is 0. The second-order valence-electron chi connectivity index (χ2n) is 3.57. The second kappa shape index (κ2) is 5.79. The van der Waals surface area contributed by atoms with E-state index in [-0.39, 0.29) is 28.8 Å². The zero-order chi connectivity index (χ0) is 13.8. The smallest absolute Gasteiger partial charge is 0.314 e. The Bertz CT molecular complexity index is 603. The van der Waals surface area contributed by atoms with E-state index in [1.54, 1.807) is 0 Å². The van der Waals surface area contributed by atoms with Gasteiger partial charge in [-0.05, 0) is 11.6 Å². The van der Waals surface area contributed by atoms with Crippen LogP contribution in [0, 0.1) is 11.6 Å². The maximum Gasteiger partial charge on any atom is 0.314 e. The van der Waals surface area contributed by atoms with Crippen molar-refractivity contribution in [3.05, 3.63) is 41.2 Å². The van der Waals surface area contributed by atoms with Crippen LogP contribution in [0.15, 0.2) is 27.9 Å². The summed E-state index contributed by atoms with van der Waals surface area (Å²) in [7, 11) is 0. The third-order valence-electron chi connectivity index (χ3n) is 2.13. The lowest BCUT2D eigenvalue weighted by Crippen LogP contribution is -1.98. The Balaban J connectivity index is 2.05. The van der Waals surface area contributed by atoms with Crippen molar-refractivity contribution < 1.29 is 23.2 Å². The first-order valence-corrected chi connectivity index (χ1v) is 6.14. The van der Waals surface area contributed by atoms with Gasteiger partial charge in [-0.15, -0.1) is 0 Å². The molecule has 0 saturated heterocycles. The van der Waals surface area contributed by atoms with E-state index in [9.17, 15) is 13.6 Å². The minimum atomic E-state index is -1.01. The standard InChI is InChI=1S/C11H8F2N2O3S/c12-7-2-1-6(8(13)4-7)3-9-14-11(18-15-9)19-5-10(16)17/h1-2,4H,3,5H2,(H,16,17). The lowest BCUT2D eigenvalue weighted by Gasteiger charge is -1.98. The average molecular weight is 286 g/mol. The van der Waals surface area contributed by atoms with Crippen molar-refractivity contribution in [3.63, 3.8) is 0 Å². The first kappa shape index (κ1) is 13.5. The first-order valence-electron chi connectivity index (χ1n) is 5.15. The summed E-state index contributed by atoms with van der Waals surface area (Å²) in [5.41, 5.74) is 0.233. The summed E-state index contributed by atoms with van der Waals surface area (Å²) in [6.07, 6.45) is 0.0449. The van der Waals surface area contributed by atoms with Gasteiger partial charge in [-0.25, -0.2) is 8.78 Å². The molecule has 5 nitrogen and oxygen atoms in total. The van der Waals surface area contributed by atoms with E-state index in [0.29, 0.717) is 0 Å². The molecule has 0 bridgehead atoms. The van der Waals surface area contributed by atoms with E-state index in [4.69, 9.17) is 9.63 Å². The SMILES string of the molecule is O=C(O)CSc1nc(Cc2ccc(F)cc2F)no1. The molecule has 1 heterocycles. The Morgan fingerprint density at radius 2 is 2.21 bits per heavy atom. The molecule has 0 aliphatic carbocycles. The van der Waals surface area contributed by atoms with Crippen molar-refractivity contribution >= 4 is 17.7 Å². The normalized spacial score (nSPS) is 10.6. The highest BCUT2D eigenvalue weighted by molar-refractivity contribution is 7.99. The molecule has 0 saturated carbocycles. The fourth-order valence-electron chi connectivity index (χ4n) is 1.33. The van der Waals surface area contributed by atoms with Crippen LogP contribution in [0.4, 0.5) is 8.78 Å². The van der Waals surface area contributed by atoms with E-state index in [2.05, 4.69) is 10.1 Å². The van der Waals surface area contributed by atoms with Crippen molar-refractivity contribution in [2.45, 2.75) is 11.6 Å². The summed E-state index contributed by atoms with van der Waals surface area (Å²) in [5.74, 6) is -2.35. The summed E-state index contributed by atoms with van der Waals surface area (Å²) in [5, 5.41) is 12.2. The molecule has 0 fully saturated rings. The van der Waals surface area contributed by atoms with Crippen LogP contribution in [0.1, 0.15) is 11.4 Å². The van der Waals surface area contributed by atoms with Crippen molar-refractivity contribution in [1.29, 1.82) is 0 Å². The fraction of sp³-hybridized carbons (Fsp3) is 0.182. The lowest BCUT2D eigenvalue weighted by molar-refractivity contribution is -0.133. The number of nitrogens with zero attached hydrogens (tertiary/aromatic N) is 2. The second-order valence-corrected chi connectivity index (χ2v) is 4.50. The van der Waals surface area contributed by atoms with Gasteiger partial charge < -0.3 is 9.63 Å². The molecule has 0 unspecified atom stereocenters. The van der Waals surface area contributed by atoms with Crippen LogP contribution in [0.5, 0.6) is 0 Å². The van der Waals surface area contributed by atoms with Crippen molar-refractivity contribution in [1.82, 2.24) is 10.1 Å². The largest absolute Gasteiger partial charge is 0.481 e. The molecule has 2 rings (SSSR count). The van der Waals surface area contributed by atoms with Gasteiger partial charge in [0, 0.05) is 12.5 Å². The number of aliphatic carboxylic acids is 1. The summed E-state index contributed by atoms with van der Waals surface area (Å²) in [4.78, 5) is 14.3. The highest BCUT2D eigenvalue weighted by atomic mass is 32.2. The number of aromatic nitrogens is 2. The van der Waals surface area contributed by atoms with Crippen molar-refractivity contribution in [2.75, 3.05) is 5.75 Å². The summed E-state index contributed by atoms with van der Waals surface area (Å²) < 4.78 is 30.9. The molecule has 1 aromatic carbocycles. The van der Waals surface area contributed by atoms with Gasteiger partial charge in [0.2, 0.25) is 0 Å². The average Bonchev–Trinajstić information content (AvgIpc) is 2.78. The predicted molar refractivity (Wildman–Crippen MR) is 61.8 cm³/mol. The minimum Gasteiger partial charge on any atom is -0.481 e. The predicted octanol–water partition coefficient (Wildman–Crippen LogP) is 2.12. The van der Waals surface area contributed by atoms with Crippen molar-refractivity contribution in [2.24, 2.45) is 0 Å². The monoisotopic (exact) mass is 286 g/mol. The van der Waals surface area contributed by atoms with Gasteiger partial charge in [0.15, 0.2) is 5.82 Å². The van der Waals surface area contributed by atoms with Crippen LogP contribution in [0.2, 0.25) is 0 Å². The maximum atomic E-state index is 13.4. The quantitative estimate of drug-likeness (QED) is 0.848. The zero-order valence-electron chi connectivity index (χ0n) is 9.47. The van der Waals surface area contributed by atoms with Crippen LogP contribution in [0.25, 0.3) is 0 Å². The maximum absolute atomic E-state index is 13.4. The van der Waals surface area contributed by atoms with Gasteiger partial charge in [0.1, 0.15) is 17.4 Å². The van der Waals surface area contributed by atoms with E-state index < -0.39 is 17.6 Å². The minimum absolute atomic E-state index is 0.0449. The molecule has 0 aliphatic rings. The number of benzene rings is 1. The topological polar surface area (TPSA) is 76.2 Å². The Morgan fingerprint density at radius 3 is 2.89 bits per heavy atom. The van der Waals surface area contributed by atoms with Gasteiger partial charge in [-0.3, -0.25) is 4.79 Å². The van der Waals surface area contributed by atoms with Crippen LogP contribution < -0.4 is 0 Å². The number of halogens is 2. The van der Waals surface area contributed by atoms with Gasteiger partial charge >= 0.3 is 5.97 Å². The van der Waals surface area contributed by atoms with Crippen LogP contribution in [-0.4, -0.2) is 27.0 Å². The Hall–Kier alpha value is -1.96. The van der Waals surface area contributed by atoms with Gasteiger partial charge in [0.25, 0.3) is 5.22 Å². The molecule has 8 heteroatoms. The number of thioether (sulfide) groups is 1. The zero-order valence-corrected chi connectivity index (χ0v) is 10.3. The number of hydrogen-bond donors (Lipinski definition) is 1. The molecule has 100 valence electrons. The molecular formula is C11H8F2N2O3S. The molecule has 0 atom stereocenters. The third kappa shape index (κ3) is 3.75. The van der Waals surface area contributed by atoms with Crippen LogP contribution in [0.3, 0.4) is 0 Å². The van der Waals surface area contributed by atoms with Crippen LogP contribution >= 0.6 is 11.8 Å². The molecule has 0 spiro atoms. The molecule has 0 aliphatic heterocycles. The van der Waals surface area contributed by atoms with E-state index in [1.165, 1.54) is 6.07 Å². The number of carboxylic acids is 1. The molecule has 0 radical (unpaired) electrons. The highest BCUT2D eigenvalue weighted by Crippen LogP contribution is 2.17. The number of hydrogen-bond acceptors (Lipinski definition) is 5. The molecular weight excluding hydrogens is 278 g/mol. The van der Waals surface area contributed by atoms with Gasteiger partial charge in [-0.1, -0.05) is 23.0 Å². The molecule has 0 amide bonds. The number of carboxylic acid groups (broad SMARTS) is 1. The first-order chi connectivity index (χ1) is 9.04. The van der Waals surface area contributed by atoms with Gasteiger partial charge in [0.05, 0.1) is 0 Å². The Labute approximate surface area is 110 Å². The van der Waals surface area contributed by atoms with Gasteiger partial charge in [-0.2, -0.15) is 4.98 Å². The van der Waals surface area contributed by atoms with E-state index in [0.717, 1.165) is 23.9 Å². The number of carbonyl (C=O) groups is 1. The molecule has 2 aromatic rings. The Morgan fingerprint density at radius 1 is 1.42 bits per heavy atom. The molecule has 1 aromatic heterocycles. The van der Waals surface area contributed by atoms with Crippen LogP contribution in [-0.2, 0) is 11.2 Å². The summed E-state index contributed by atoms with van der Waals surface area (Å²) in [6, 6.07) is 3.21. The summed E-state index contributed by atoms with van der Waals surface area (Å²) >= 11 is 0.873.